The van der Waals surface area contributed by atoms with Gasteiger partial charge < -0.3 is 5.32 Å². The van der Waals surface area contributed by atoms with Gasteiger partial charge in [-0.25, -0.2) is 13.1 Å². The smallest absolute Gasteiger partial charge is 0.211 e. The molecule has 2 N–H and O–H groups in total. The molecule has 1 saturated carbocycles. The van der Waals surface area contributed by atoms with Crippen LogP contribution in [-0.2, 0) is 10.0 Å². The van der Waals surface area contributed by atoms with Gasteiger partial charge in [-0.2, -0.15) is 0 Å². The summed E-state index contributed by atoms with van der Waals surface area (Å²) >= 11 is 0. The van der Waals surface area contributed by atoms with Gasteiger partial charge in [0.2, 0.25) is 10.0 Å². The molecule has 0 spiro atoms. The first-order chi connectivity index (χ1) is 8.54. The molecule has 18 heavy (non-hydrogen) atoms. The van der Waals surface area contributed by atoms with Crippen LogP contribution in [0.1, 0.15) is 52.4 Å². The molecule has 0 amide bonds. The van der Waals surface area contributed by atoms with E-state index >= 15 is 0 Å². The third-order valence-electron chi connectivity index (χ3n) is 3.82. The molecule has 0 saturated heterocycles. The van der Waals surface area contributed by atoms with Crippen molar-refractivity contribution in [2.75, 3.05) is 25.4 Å². The van der Waals surface area contributed by atoms with E-state index in [0.717, 1.165) is 38.8 Å². The Bertz CT molecular complexity index is 324. The Morgan fingerprint density at radius 3 is 2.39 bits per heavy atom. The first kappa shape index (κ1) is 15.9. The fourth-order valence-corrected chi connectivity index (χ4v) is 3.27. The van der Waals surface area contributed by atoms with Crippen LogP contribution in [-0.4, -0.2) is 33.8 Å². The van der Waals surface area contributed by atoms with E-state index in [1.807, 2.05) is 0 Å². The van der Waals surface area contributed by atoms with E-state index < -0.39 is 10.0 Å². The summed E-state index contributed by atoms with van der Waals surface area (Å²) in [6.45, 7) is 6.84. The molecule has 1 fully saturated rings. The maximum atomic E-state index is 11.8. The zero-order valence-electron chi connectivity index (χ0n) is 11.8. The van der Waals surface area contributed by atoms with Gasteiger partial charge in [0, 0.05) is 6.54 Å². The van der Waals surface area contributed by atoms with Crippen molar-refractivity contribution >= 4 is 10.0 Å². The average Bonchev–Trinajstić information content (AvgIpc) is 3.12. The second-order valence-corrected chi connectivity index (χ2v) is 7.38. The van der Waals surface area contributed by atoms with Gasteiger partial charge in [-0.1, -0.05) is 13.8 Å². The Kier molecular flexibility index (Phi) is 6.60. The van der Waals surface area contributed by atoms with Crippen LogP contribution in [0.25, 0.3) is 0 Å². The summed E-state index contributed by atoms with van der Waals surface area (Å²) in [6.07, 6.45) is 6.22. The van der Waals surface area contributed by atoms with Crippen molar-refractivity contribution in [1.82, 2.24) is 10.0 Å². The summed E-state index contributed by atoms with van der Waals surface area (Å²) in [4.78, 5) is 0. The Hall–Kier alpha value is -0.130. The number of sulfonamides is 1. The van der Waals surface area contributed by atoms with Crippen LogP contribution < -0.4 is 10.0 Å². The zero-order chi connectivity index (χ0) is 13.5. The lowest BCUT2D eigenvalue weighted by atomic mass is 10.1. The second-order valence-electron chi connectivity index (χ2n) is 5.45. The summed E-state index contributed by atoms with van der Waals surface area (Å²) in [5.74, 6) is 0.264. The standard InChI is InChI=1S/C13H28N2O2S/c1-3-9-14-10-5-6-11-18(16,17)15-12-13(4-2)7-8-13/h14-15H,3-12H2,1-2H3. The molecule has 0 aromatic heterocycles. The van der Waals surface area contributed by atoms with Crippen molar-refractivity contribution in [1.29, 1.82) is 0 Å². The van der Waals surface area contributed by atoms with E-state index in [1.54, 1.807) is 0 Å². The molecule has 0 aromatic carbocycles. The van der Waals surface area contributed by atoms with E-state index in [9.17, 15) is 8.42 Å². The molecule has 108 valence electrons. The number of unbranched alkanes of at least 4 members (excludes halogenated alkanes) is 1. The maximum absolute atomic E-state index is 11.8. The quantitative estimate of drug-likeness (QED) is 0.566. The summed E-state index contributed by atoms with van der Waals surface area (Å²) < 4.78 is 26.3. The van der Waals surface area contributed by atoms with Gasteiger partial charge >= 0.3 is 0 Å². The molecule has 0 bridgehead atoms. The van der Waals surface area contributed by atoms with Crippen molar-refractivity contribution in [3.8, 4) is 0 Å². The molecule has 1 aliphatic rings. The minimum absolute atomic E-state index is 0.264. The molecule has 0 heterocycles. The van der Waals surface area contributed by atoms with Gasteiger partial charge in [-0.05, 0) is 57.0 Å². The fraction of sp³-hybridized carbons (Fsp3) is 1.00. The molecule has 0 aromatic rings. The van der Waals surface area contributed by atoms with E-state index in [4.69, 9.17) is 0 Å². The summed E-state index contributed by atoms with van der Waals surface area (Å²) in [5.41, 5.74) is 0.287. The highest BCUT2D eigenvalue weighted by Gasteiger charge is 2.40. The van der Waals surface area contributed by atoms with Crippen LogP contribution in [0.2, 0.25) is 0 Å². The molecular weight excluding hydrogens is 248 g/mol. The third kappa shape index (κ3) is 6.16. The van der Waals surface area contributed by atoms with Crippen molar-refractivity contribution < 1.29 is 8.42 Å². The van der Waals surface area contributed by atoms with E-state index in [-0.39, 0.29) is 11.2 Å². The third-order valence-corrected chi connectivity index (χ3v) is 5.23. The van der Waals surface area contributed by atoms with E-state index in [1.165, 1.54) is 12.8 Å². The molecule has 5 heteroatoms. The molecule has 0 unspecified atom stereocenters. The normalized spacial score (nSPS) is 17.9. The largest absolute Gasteiger partial charge is 0.317 e. The van der Waals surface area contributed by atoms with Crippen LogP contribution in [0.5, 0.6) is 0 Å². The van der Waals surface area contributed by atoms with Gasteiger partial charge in [0.05, 0.1) is 5.75 Å². The maximum Gasteiger partial charge on any atom is 0.211 e. The minimum Gasteiger partial charge on any atom is -0.317 e. The van der Waals surface area contributed by atoms with Crippen LogP contribution in [0.3, 0.4) is 0 Å². The van der Waals surface area contributed by atoms with Crippen molar-refractivity contribution in [2.24, 2.45) is 5.41 Å². The summed E-state index contributed by atoms with van der Waals surface area (Å²) in [7, 11) is -3.06. The molecular formula is C13H28N2O2S. The highest BCUT2D eigenvalue weighted by Crippen LogP contribution is 2.47. The first-order valence-electron chi connectivity index (χ1n) is 7.22. The Labute approximate surface area is 112 Å². The van der Waals surface area contributed by atoms with Crippen LogP contribution in [0, 0.1) is 5.41 Å². The van der Waals surface area contributed by atoms with Gasteiger partial charge in [0.15, 0.2) is 0 Å². The Morgan fingerprint density at radius 1 is 1.11 bits per heavy atom. The number of hydrogen-bond donors (Lipinski definition) is 2. The van der Waals surface area contributed by atoms with Gasteiger partial charge in [-0.15, -0.1) is 0 Å². The molecule has 1 aliphatic carbocycles. The van der Waals surface area contributed by atoms with Gasteiger partial charge in [0.1, 0.15) is 0 Å². The van der Waals surface area contributed by atoms with Gasteiger partial charge in [0.25, 0.3) is 0 Å². The molecule has 0 aliphatic heterocycles. The number of nitrogens with one attached hydrogen (secondary N) is 2. The van der Waals surface area contributed by atoms with E-state index in [2.05, 4.69) is 23.9 Å². The SMILES string of the molecule is CCCNCCCCS(=O)(=O)NCC1(CC)CC1. The number of hydrogen-bond acceptors (Lipinski definition) is 3. The predicted octanol–water partition coefficient (Wildman–Crippen LogP) is 1.88. The molecule has 4 nitrogen and oxygen atoms in total. The second kappa shape index (κ2) is 7.46. The lowest BCUT2D eigenvalue weighted by Crippen LogP contribution is -2.32. The molecule has 1 rings (SSSR count). The highest BCUT2D eigenvalue weighted by atomic mass is 32.2. The van der Waals surface area contributed by atoms with Crippen molar-refractivity contribution in [3.05, 3.63) is 0 Å². The summed E-state index contributed by atoms with van der Waals surface area (Å²) in [5, 5.41) is 3.28. The van der Waals surface area contributed by atoms with E-state index in [0.29, 0.717) is 6.54 Å². The van der Waals surface area contributed by atoms with Crippen LogP contribution in [0.15, 0.2) is 0 Å². The molecule has 0 radical (unpaired) electrons. The number of rotatable bonds is 11. The minimum atomic E-state index is -3.06. The Balaban J connectivity index is 2.08. The van der Waals surface area contributed by atoms with Crippen LogP contribution >= 0.6 is 0 Å². The summed E-state index contributed by atoms with van der Waals surface area (Å²) in [6, 6.07) is 0. The predicted molar refractivity (Wildman–Crippen MR) is 76.1 cm³/mol. The van der Waals surface area contributed by atoms with Crippen molar-refractivity contribution in [3.63, 3.8) is 0 Å². The van der Waals surface area contributed by atoms with Gasteiger partial charge in [-0.3, -0.25) is 0 Å². The highest BCUT2D eigenvalue weighted by molar-refractivity contribution is 7.89. The Morgan fingerprint density at radius 2 is 1.83 bits per heavy atom. The lowest BCUT2D eigenvalue weighted by molar-refractivity contribution is 0.475. The van der Waals surface area contributed by atoms with Crippen LogP contribution in [0.4, 0.5) is 0 Å². The lowest BCUT2D eigenvalue weighted by Gasteiger charge is -2.13. The monoisotopic (exact) mass is 276 g/mol. The molecule has 0 atom stereocenters. The van der Waals surface area contributed by atoms with Crippen molar-refractivity contribution in [2.45, 2.75) is 52.4 Å². The average molecular weight is 276 g/mol. The zero-order valence-corrected chi connectivity index (χ0v) is 12.6. The topological polar surface area (TPSA) is 58.2 Å². The fourth-order valence-electron chi connectivity index (χ4n) is 2.01. The first-order valence-corrected chi connectivity index (χ1v) is 8.87.